The number of hydrogen-bond donors (Lipinski definition) is 0. The molecule has 2 aromatic rings. The van der Waals surface area contributed by atoms with Crippen molar-refractivity contribution in [1.29, 1.82) is 0 Å². The van der Waals surface area contributed by atoms with Crippen molar-refractivity contribution >= 4 is 0 Å². The number of pyridine rings is 1. The van der Waals surface area contributed by atoms with E-state index in [1.165, 1.54) is 27.9 Å². The predicted octanol–water partition coefficient (Wildman–Crippen LogP) is 4.81. The van der Waals surface area contributed by atoms with Gasteiger partial charge in [-0.2, -0.15) is 0 Å². The van der Waals surface area contributed by atoms with Crippen LogP contribution in [0.3, 0.4) is 0 Å². The Morgan fingerprint density at radius 2 is 1.71 bits per heavy atom. The van der Waals surface area contributed by atoms with Crippen molar-refractivity contribution in [1.82, 2.24) is 0 Å². The number of hydrogen-bond acceptors (Lipinski definition) is 0. The van der Waals surface area contributed by atoms with E-state index in [0.717, 1.165) is 6.42 Å². The van der Waals surface area contributed by atoms with Gasteiger partial charge in [0.1, 0.15) is 7.05 Å². The highest BCUT2D eigenvalue weighted by Gasteiger charge is 2.15. The van der Waals surface area contributed by atoms with Gasteiger partial charge in [0.05, 0.1) is 0 Å². The lowest BCUT2D eigenvalue weighted by Crippen LogP contribution is -2.31. The van der Waals surface area contributed by atoms with Gasteiger partial charge in [0.2, 0.25) is 5.69 Å². The zero-order valence-corrected chi connectivity index (χ0v) is 14.3. The summed E-state index contributed by atoms with van der Waals surface area (Å²) in [5.41, 5.74) is 6.84. The molecule has 0 aliphatic rings. The zero-order valence-electron chi connectivity index (χ0n) is 14.3. The molecule has 0 saturated carbocycles. The van der Waals surface area contributed by atoms with Crippen molar-refractivity contribution in [2.75, 3.05) is 0 Å². The molecule has 0 atom stereocenters. The van der Waals surface area contributed by atoms with E-state index in [9.17, 15) is 0 Å². The van der Waals surface area contributed by atoms with E-state index >= 15 is 0 Å². The summed E-state index contributed by atoms with van der Waals surface area (Å²) < 4.78 is 2.23. The maximum absolute atomic E-state index is 2.36. The smallest absolute Gasteiger partial charge is 0.201 e. The normalized spacial score (nSPS) is 11.4. The quantitative estimate of drug-likeness (QED) is 0.709. The van der Waals surface area contributed by atoms with Gasteiger partial charge in [0, 0.05) is 17.7 Å². The lowest BCUT2D eigenvalue weighted by atomic mass is 9.94. The third-order valence-electron chi connectivity index (χ3n) is 4.06. The summed E-state index contributed by atoms with van der Waals surface area (Å²) >= 11 is 0. The molecule has 0 spiro atoms. The second-order valence-electron chi connectivity index (χ2n) is 6.86. The first-order valence-corrected chi connectivity index (χ1v) is 7.98. The van der Waals surface area contributed by atoms with E-state index in [0.29, 0.717) is 11.8 Å². The SMILES string of the molecule is Cc1ccc(C(C)C)cc1-c1cc(CC(C)C)cc[n+]1C. The van der Waals surface area contributed by atoms with E-state index in [-0.39, 0.29) is 0 Å². The van der Waals surface area contributed by atoms with Crippen LogP contribution >= 0.6 is 0 Å². The van der Waals surface area contributed by atoms with Gasteiger partial charge in [-0.1, -0.05) is 39.8 Å². The number of benzene rings is 1. The summed E-state index contributed by atoms with van der Waals surface area (Å²) in [6.45, 7) is 11.3. The molecule has 0 amide bonds. The highest BCUT2D eigenvalue weighted by molar-refractivity contribution is 5.62. The number of aryl methyl sites for hydroxylation is 2. The molecule has 21 heavy (non-hydrogen) atoms. The summed E-state index contributed by atoms with van der Waals surface area (Å²) in [6.07, 6.45) is 3.32. The minimum atomic E-state index is 0.563. The van der Waals surface area contributed by atoms with Crippen molar-refractivity contribution in [2.45, 2.75) is 47.0 Å². The van der Waals surface area contributed by atoms with Gasteiger partial charge in [-0.25, -0.2) is 4.57 Å². The van der Waals surface area contributed by atoms with Gasteiger partial charge >= 0.3 is 0 Å². The van der Waals surface area contributed by atoms with E-state index in [2.05, 4.69) is 82.8 Å². The number of rotatable bonds is 4. The Labute approximate surface area is 129 Å². The third-order valence-corrected chi connectivity index (χ3v) is 4.06. The van der Waals surface area contributed by atoms with Crippen LogP contribution in [0, 0.1) is 12.8 Å². The van der Waals surface area contributed by atoms with Crippen LogP contribution < -0.4 is 4.57 Å². The molecular formula is C20H28N+. The topological polar surface area (TPSA) is 3.88 Å². The summed E-state index contributed by atoms with van der Waals surface area (Å²) in [6, 6.07) is 11.5. The molecule has 0 saturated heterocycles. The van der Waals surface area contributed by atoms with Crippen LogP contribution in [0.4, 0.5) is 0 Å². The molecule has 0 N–H and O–H groups in total. The fraction of sp³-hybridized carbons (Fsp3) is 0.450. The largest absolute Gasteiger partial charge is 0.212 e. The Kier molecular flexibility index (Phi) is 4.82. The van der Waals surface area contributed by atoms with Crippen molar-refractivity contribution in [3.05, 3.63) is 53.2 Å². The Morgan fingerprint density at radius 1 is 1.00 bits per heavy atom. The minimum absolute atomic E-state index is 0.563. The van der Waals surface area contributed by atoms with Crippen molar-refractivity contribution in [3.63, 3.8) is 0 Å². The van der Waals surface area contributed by atoms with Crippen LogP contribution in [0.1, 0.15) is 50.3 Å². The second kappa shape index (κ2) is 6.43. The Balaban J connectivity index is 2.52. The molecule has 2 rings (SSSR count). The highest BCUT2D eigenvalue weighted by Crippen LogP contribution is 2.26. The Hall–Kier alpha value is -1.63. The predicted molar refractivity (Wildman–Crippen MR) is 90.4 cm³/mol. The average Bonchev–Trinajstić information content (AvgIpc) is 2.41. The number of aromatic nitrogens is 1. The molecule has 112 valence electrons. The zero-order chi connectivity index (χ0) is 15.6. The lowest BCUT2D eigenvalue weighted by molar-refractivity contribution is -0.660. The fourth-order valence-electron chi connectivity index (χ4n) is 2.75. The molecule has 0 bridgehead atoms. The van der Waals surface area contributed by atoms with Crippen molar-refractivity contribution in [2.24, 2.45) is 13.0 Å². The van der Waals surface area contributed by atoms with E-state index in [1.54, 1.807) is 0 Å². The van der Waals surface area contributed by atoms with Gasteiger partial charge < -0.3 is 0 Å². The van der Waals surface area contributed by atoms with Gasteiger partial charge in [0.15, 0.2) is 6.20 Å². The van der Waals surface area contributed by atoms with Crippen molar-refractivity contribution < 1.29 is 4.57 Å². The summed E-state index contributed by atoms with van der Waals surface area (Å²) in [7, 11) is 2.13. The molecule has 0 radical (unpaired) electrons. The first-order chi connectivity index (χ1) is 9.88. The van der Waals surface area contributed by atoms with Crippen LogP contribution in [0.5, 0.6) is 0 Å². The second-order valence-corrected chi connectivity index (χ2v) is 6.86. The molecule has 0 aliphatic carbocycles. The van der Waals surface area contributed by atoms with Gasteiger partial charge in [-0.15, -0.1) is 0 Å². The van der Waals surface area contributed by atoms with Crippen LogP contribution in [0.25, 0.3) is 11.3 Å². The molecule has 1 aromatic heterocycles. The lowest BCUT2D eigenvalue weighted by Gasteiger charge is -2.11. The van der Waals surface area contributed by atoms with Gasteiger partial charge in [-0.3, -0.25) is 0 Å². The van der Waals surface area contributed by atoms with E-state index < -0.39 is 0 Å². The fourth-order valence-corrected chi connectivity index (χ4v) is 2.75. The molecule has 1 aromatic carbocycles. The number of nitrogens with zero attached hydrogens (tertiary/aromatic N) is 1. The molecular weight excluding hydrogens is 254 g/mol. The Bertz CT molecular complexity index is 624. The summed E-state index contributed by atoms with van der Waals surface area (Å²) in [4.78, 5) is 0. The van der Waals surface area contributed by atoms with Crippen molar-refractivity contribution in [3.8, 4) is 11.3 Å². The average molecular weight is 282 g/mol. The molecule has 0 aliphatic heterocycles. The molecule has 0 fully saturated rings. The maximum atomic E-state index is 2.36. The standard InChI is InChI=1S/C20H28N/c1-14(2)11-17-9-10-21(6)20(12-17)19-13-18(15(3)4)8-7-16(19)5/h7-10,12-15H,11H2,1-6H3/q+1. The molecule has 0 unspecified atom stereocenters. The first kappa shape index (κ1) is 15.8. The molecule has 1 heteroatoms. The monoisotopic (exact) mass is 282 g/mol. The van der Waals surface area contributed by atoms with E-state index in [4.69, 9.17) is 0 Å². The first-order valence-electron chi connectivity index (χ1n) is 7.98. The molecule has 1 nitrogen and oxygen atoms in total. The van der Waals surface area contributed by atoms with Crippen LogP contribution in [-0.4, -0.2) is 0 Å². The molecule has 1 heterocycles. The third kappa shape index (κ3) is 3.72. The van der Waals surface area contributed by atoms with E-state index in [1.807, 2.05) is 0 Å². The van der Waals surface area contributed by atoms with Crippen LogP contribution in [-0.2, 0) is 13.5 Å². The van der Waals surface area contributed by atoms with Crippen LogP contribution in [0.15, 0.2) is 36.5 Å². The summed E-state index contributed by atoms with van der Waals surface area (Å²) in [5.74, 6) is 1.25. The van der Waals surface area contributed by atoms with Gasteiger partial charge in [-0.05, 0) is 47.9 Å². The highest BCUT2D eigenvalue weighted by atomic mass is 14.9. The summed E-state index contributed by atoms with van der Waals surface area (Å²) in [5, 5.41) is 0. The van der Waals surface area contributed by atoms with Crippen LogP contribution in [0.2, 0.25) is 0 Å². The minimum Gasteiger partial charge on any atom is -0.201 e. The Morgan fingerprint density at radius 3 is 2.33 bits per heavy atom. The van der Waals surface area contributed by atoms with Gasteiger partial charge in [0.25, 0.3) is 0 Å². The maximum Gasteiger partial charge on any atom is 0.212 e.